The van der Waals surface area contributed by atoms with Crippen molar-refractivity contribution in [2.75, 3.05) is 19.0 Å². The number of hydrogen-bond donors (Lipinski definition) is 0. The van der Waals surface area contributed by atoms with Gasteiger partial charge in [-0.2, -0.15) is 4.58 Å². The van der Waals surface area contributed by atoms with Gasteiger partial charge in [0.15, 0.2) is 5.71 Å². The molecule has 0 bridgehead atoms. The molecule has 0 radical (unpaired) electrons. The van der Waals surface area contributed by atoms with Crippen LogP contribution in [-0.4, -0.2) is 24.4 Å². The molecule has 2 aromatic carbocycles. The zero-order valence-electron chi connectivity index (χ0n) is 23.6. The van der Waals surface area contributed by atoms with E-state index in [0.29, 0.717) is 0 Å². The van der Waals surface area contributed by atoms with Crippen LogP contribution in [0.5, 0.6) is 0 Å². The van der Waals surface area contributed by atoms with E-state index in [2.05, 4.69) is 138 Å². The van der Waals surface area contributed by atoms with Crippen molar-refractivity contribution >= 4 is 28.7 Å². The first-order valence-electron chi connectivity index (χ1n) is 13.4. The van der Waals surface area contributed by atoms with Crippen molar-refractivity contribution in [2.45, 2.75) is 65.2 Å². The van der Waals surface area contributed by atoms with E-state index in [1.54, 1.807) is 0 Å². The number of allylic oxidation sites excluding steroid dienone is 8. The third kappa shape index (κ3) is 4.24. The van der Waals surface area contributed by atoms with Gasteiger partial charge in [-0.3, -0.25) is 0 Å². The van der Waals surface area contributed by atoms with Crippen LogP contribution >= 0.6 is 11.6 Å². The van der Waals surface area contributed by atoms with Gasteiger partial charge >= 0.3 is 0 Å². The quantitative estimate of drug-likeness (QED) is 0.373. The molecule has 5 rings (SSSR count). The Labute approximate surface area is 228 Å². The Bertz CT molecular complexity index is 1430. The highest BCUT2D eigenvalue weighted by Gasteiger charge is 2.43. The van der Waals surface area contributed by atoms with Crippen LogP contribution in [0.25, 0.3) is 0 Å². The van der Waals surface area contributed by atoms with Gasteiger partial charge in [0.25, 0.3) is 0 Å². The maximum Gasteiger partial charge on any atom is 0.209 e. The highest BCUT2D eigenvalue weighted by molar-refractivity contribution is 6.32. The molecule has 0 unspecified atom stereocenters. The molecule has 2 nitrogen and oxygen atoms in total. The molecule has 0 fully saturated rings. The lowest BCUT2D eigenvalue weighted by Gasteiger charge is -2.32. The molecule has 2 heterocycles. The number of halogens is 1. The largest absolute Gasteiger partial charge is 0.347 e. The Balaban J connectivity index is 1.51. The monoisotopic (exact) mass is 511 g/mol. The minimum atomic E-state index is -0.0458. The molecule has 3 aliphatic rings. The van der Waals surface area contributed by atoms with Crippen molar-refractivity contribution in [1.82, 2.24) is 0 Å². The SMILES string of the molecule is CN1/C(=C/C=C2\CC(C)(C)CC(/C=C/C3=[N+](C)c4ccccc4C3(C)C)=C2Cl)C(C)(C)c2ccccc21. The number of fused-ring (bicyclic) bond motifs is 2. The number of hydrogen-bond acceptors (Lipinski definition) is 1. The Hall–Kier alpha value is -2.84. The fourth-order valence-corrected chi connectivity index (χ4v) is 6.94. The van der Waals surface area contributed by atoms with Gasteiger partial charge < -0.3 is 4.90 Å². The van der Waals surface area contributed by atoms with Crippen LogP contribution in [0.15, 0.2) is 94.7 Å². The second-order valence-electron chi connectivity index (χ2n) is 12.7. The van der Waals surface area contributed by atoms with Crippen molar-refractivity contribution in [2.24, 2.45) is 5.41 Å². The minimum Gasteiger partial charge on any atom is -0.347 e. The average molecular weight is 512 g/mol. The van der Waals surface area contributed by atoms with Gasteiger partial charge in [-0.1, -0.05) is 87.8 Å². The molecule has 2 aromatic rings. The number of anilines is 1. The molecule has 192 valence electrons. The summed E-state index contributed by atoms with van der Waals surface area (Å²) in [5.74, 6) is 0. The molecular formula is C34H40ClN2+. The van der Waals surface area contributed by atoms with Crippen molar-refractivity contribution in [3.05, 3.63) is 106 Å². The maximum atomic E-state index is 7.13. The van der Waals surface area contributed by atoms with Crippen molar-refractivity contribution in [3.63, 3.8) is 0 Å². The van der Waals surface area contributed by atoms with Gasteiger partial charge in [0.05, 0.1) is 5.41 Å². The lowest BCUT2D eigenvalue weighted by molar-refractivity contribution is -0.401. The molecule has 0 spiro atoms. The molecule has 0 N–H and O–H groups in total. The Morgan fingerprint density at radius 2 is 1.46 bits per heavy atom. The molecule has 0 aromatic heterocycles. The van der Waals surface area contributed by atoms with Crippen molar-refractivity contribution < 1.29 is 4.58 Å². The third-order valence-corrected chi connectivity index (χ3v) is 9.15. The first-order chi connectivity index (χ1) is 17.3. The zero-order chi connectivity index (χ0) is 26.8. The molecule has 0 saturated heterocycles. The second kappa shape index (κ2) is 8.88. The first-order valence-corrected chi connectivity index (χ1v) is 13.7. The highest BCUT2D eigenvalue weighted by atomic mass is 35.5. The Morgan fingerprint density at radius 3 is 2.14 bits per heavy atom. The predicted octanol–water partition coefficient (Wildman–Crippen LogP) is 8.80. The van der Waals surface area contributed by atoms with E-state index in [9.17, 15) is 0 Å². The van der Waals surface area contributed by atoms with Crippen LogP contribution < -0.4 is 4.90 Å². The first kappa shape index (κ1) is 25.8. The van der Waals surface area contributed by atoms with Crippen LogP contribution in [0.4, 0.5) is 11.4 Å². The lowest BCUT2D eigenvalue weighted by Crippen LogP contribution is -2.27. The van der Waals surface area contributed by atoms with E-state index in [1.165, 1.54) is 45.1 Å². The second-order valence-corrected chi connectivity index (χ2v) is 13.1. The van der Waals surface area contributed by atoms with Gasteiger partial charge in [-0.25, -0.2) is 0 Å². The summed E-state index contributed by atoms with van der Waals surface area (Å²) in [6, 6.07) is 17.4. The summed E-state index contributed by atoms with van der Waals surface area (Å²) in [5, 5.41) is 0.903. The zero-order valence-corrected chi connectivity index (χ0v) is 24.4. The van der Waals surface area contributed by atoms with Crippen LogP contribution in [-0.2, 0) is 10.8 Å². The Kier molecular flexibility index (Phi) is 6.19. The van der Waals surface area contributed by atoms with E-state index in [-0.39, 0.29) is 16.2 Å². The molecular weight excluding hydrogens is 472 g/mol. The third-order valence-electron chi connectivity index (χ3n) is 8.67. The molecule has 0 amide bonds. The number of para-hydroxylation sites is 2. The summed E-state index contributed by atoms with van der Waals surface area (Å²) >= 11 is 7.13. The number of nitrogens with zero attached hydrogens (tertiary/aromatic N) is 2. The van der Waals surface area contributed by atoms with Gasteiger partial charge in [0.2, 0.25) is 5.69 Å². The summed E-state index contributed by atoms with van der Waals surface area (Å²) in [6.45, 7) is 13.9. The fourth-order valence-electron chi connectivity index (χ4n) is 6.68. The summed E-state index contributed by atoms with van der Waals surface area (Å²) in [7, 11) is 4.34. The fraction of sp³-hybridized carbons (Fsp3) is 0.382. The molecule has 0 saturated carbocycles. The smallest absolute Gasteiger partial charge is 0.209 e. The average Bonchev–Trinajstić information content (AvgIpc) is 3.16. The molecule has 3 heteroatoms. The molecule has 0 atom stereocenters. The number of likely N-dealkylation sites (N-methyl/N-ethyl adjacent to an activating group) is 1. The summed E-state index contributed by atoms with van der Waals surface area (Å²) < 4.78 is 2.32. The lowest BCUT2D eigenvalue weighted by atomic mass is 9.74. The summed E-state index contributed by atoms with van der Waals surface area (Å²) in [5.41, 5.74) is 10.4. The van der Waals surface area contributed by atoms with E-state index in [4.69, 9.17) is 11.6 Å². The van der Waals surface area contributed by atoms with Crippen LogP contribution in [0, 0.1) is 5.41 Å². The summed E-state index contributed by atoms with van der Waals surface area (Å²) in [4.78, 5) is 2.32. The van der Waals surface area contributed by atoms with E-state index < -0.39 is 0 Å². The molecule has 37 heavy (non-hydrogen) atoms. The van der Waals surface area contributed by atoms with E-state index in [0.717, 1.165) is 17.9 Å². The maximum absolute atomic E-state index is 7.13. The van der Waals surface area contributed by atoms with Crippen molar-refractivity contribution in [1.29, 1.82) is 0 Å². The van der Waals surface area contributed by atoms with Crippen molar-refractivity contribution in [3.8, 4) is 0 Å². The minimum absolute atomic E-state index is 0.0458. The topological polar surface area (TPSA) is 6.25 Å². The van der Waals surface area contributed by atoms with Crippen LogP contribution in [0.3, 0.4) is 0 Å². The van der Waals surface area contributed by atoms with Gasteiger partial charge in [0.1, 0.15) is 7.05 Å². The van der Waals surface area contributed by atoms with Gasteiger partial charge in [-0.15, -0.1) is 0 Å². The standard InChI is InChI=1S/C34H40ClN2/c1-32(2)21-23(17-19-29-33(3,4)25-13-9-11-15-27(25)36(29)7)31(35)24(22-32)18-20-30-34(5,6)26-14-10-12-16-28(26)37(30)8/h9-20H,21-22H2,1-8H3/q+1. The Morgan fingerprint density at radius 1 is 0.811 bits per heavy atom. The van der Waals surface area contributed by atoms with Crippen LogP contribution in [0.2, 0.25) is 0 Å². The van der Waals surface area contributed by atoms with Crippen LogP contribution in [0.1, 0.15) is 65.5 Å². The van der Waals surface area contributed by atoms with E-state index in [1.807, 2.05) is 0 Å². The molecule has 2 aliphatic heterocycles. The van der Waals surface area contributed by atoms with Gasteiger partial charge in [-0.05, 0) is 61.0 Å². The summed E-state index contributed by atoms with van der Waals surface area (Å²) in [6.07, 6.45) is 11.1. The normalized spacial score (nSPS) is 24.0. The number of rotatable bonds is 3. The van der Waals surface area contributed by atoms with Gasteiger partial charge in [0, 0.05) is 46.6 Å². The number of benzene rings is 2. The highest BCUT2D eigenvalue weighted by Crippen LogP contribution is 2.48. The predicted molar refractivity (Wildman–Crippen MR) is 159 cm³/mol. The molecule has 1 aliphatic carbocycles. The van der Waals surface area contributed by atoms with E-state index >= 15 is 0 Å².